The number of hydrogen-bond acceptors (Lipinski definition) is 7. The number of ether oxygens (including phenoxy) is 2. The van der Waals surface area contributed by atoms with Gasteiger partial charge < -0.3 is 14.8 Å². The van der Waals surface area contributed by atoms with Gasteiger partial charge in [0, 0.05) is 15.8 Å². The summed E-state index contributed by atoms with van der Waals surface area (Å²) in [6, 6.07) is 11.1. The molecule has 1 atom stereocenters. The monoisotopic (exact) mass is 430 g/mol. The van der Waals surface area contributed by atoms with Crippen LogP contribution in [0.1, 0.15) is 30.0 Å². The van der Waals surface area contributed by atoms with Gasteiger partial charge in [0.05, 0.1) is 38.3 Å². The van der Waals surface area contributed by atoms with E-state index in [-0.39, 0.29) is 24.7 Å². The minimum absolute atomic E-state index is 0.0945. The number of rotatable bonds is 9. The van der Waals surface area contributed by atoms with Gasteiger partial charge in [0.15, 0.2) is 0 Å². The number of nitrogens with one attached hydrogen (secondary N) is 1. The van der Waals surface area contributed by atoms with E-state index in [9.17, 15) is 9.59 Å². The highest BCUT2D eigenvalue weighted by Gasteiger charge is 2.20. The zero-order chi connectivity index (χ0) is 20.6. The first-order valence-corrected chi connectivity index (χ1v) is 10.9. The highest BCUT2D eigenvalue weighted by atomic mass is 32.1. The molecule has 1 unspecified atom stereocenters. The van der Waals surface area contributed by atoms with Gasteiger partial charge in [-0.2, -0.15) is 0 Å². The molecule has 2 aromatic heterocycles. The molecule has 6 nitrogen and oxygen atoms in total. The fraction of sp³-hybridized carbons (Fsp3) is 0.286. The van der Waals surface area contributed by atoms with Gasteiger partial charge in [-0.05, 0) is 42.6 Å². The third kappa shape index (κ3) is 5.88. The van der Waals surface area contributed by atoms with E-state index in [1.807, 2.05) is 54.1 Å². The van der Waals surface area contributed by atoms with Crippen LogP contribution in [-0.2, 0) is 20.7 Å². The summed E-state index contributed by atoms with van der Waals surface area (Å²) in [7, 11) is 1.34. The molecular weight excluding hydrogens is 408 g/mol. The zero-order valence-corrected chi connectivity index (χ0v) is 17.8. The van der Waals surface area contributed by atoms with E-state index in [1.165, 1.54) is 29.8 Å². The highest BCUT2D eigenvalue weighted by molar-refractivity contribution is 7.13. The first-order valence-electron chi connectivity index (χ1n) is 9.16. The normalized spacial score (nSPS) is 11.7. The molecular formula is C21H22N2O4S2. The number of benzene rings is 1. The maximum atomic E-state index is 12.5. The molecule has 0 aliphatic heterocycles. The molecule has 1 aromatic carbocycles. The van der Waals surface area contributed by atoms with Crippen LogP contribution >= 0.6 is 22.7 Å². The van der Waals surface area contributed by atoms with Gasteiger partial charge in [0.1, 0.15) is 10.8 Å². The molecule has 0 bridgehead atoms. The lowest BCUT2D eigenvalue weighted by atomic mass is 10.1. The minimum atomic E-state index is -0.404. The Morgan fingerprint density at radius 3 is 2.62 bits per heavy atom. The average molecular weight is 431 g/mol. The lowest BCUT2D eigenvalue weighted by molar-refractivity contribution is -0.141. The number of thiophene rings is 1. The number of aromatic nitrogens is 1. The molecule has 0 aliphatic carbocycles. The molecule has 0 spiro atoms. The van der Waals surface area contributed by atoms with Gasteiger partial charge in [0.2, 0.25) is 5.91 Å². The van der Waals surface area contributed by atoms with Gasteiger partial charge in [0.25, 0.3) is 0 Å². The second-order valence-electron chi connectivity index (χ2n) is 6.19. The van der Waals surface area contributed by atoms with E-state index < -0.39 is 6.04 Å². The maximum Gasteiger partial charge on any atom is 0.307 e. The van der Waals surface area contributed by atoms with Crippen molar-refractivity contribution in [3.63, 3.8) is 0 Å². The van der Waals surface area contributed by atoms with Gasteiger partial charge in [-0.25, -0.2) is 4.98 Å². The molecule has 1 N–H and O–H groups in total. The van der Waals surface area contributed by atoms with Crippen LogP contribution in [0.25, 0.3) is 10.6 Å². The van der Waals surface area contributed by atoms with Crippen molar-refractivity contribution < 1.29 is 19.1 Å². The van der Waals surface area contributed by atoms with Crippen LogP contribution in [0.2, 0.25) is 0 Å². The first kappa shape index (κ1) is 21.0. The van der Waals surface area contributed by atoms with Gasteiger partial charge in [-0.3, -0.25) is 9.59 Å². The fourth-order valence-corrected chi connectivity index (χ4v) is 4.36. The Bertz CT molecular complexity index is 936. The Kier molecular flexibility index (Phi) is 7.37. The third-order valence-corrected chi connectivity index (χ3v) is 6.05. The highest BCUT2D eigenvalue weighted by Crippen LogP contribution is 2.26. The number of hydrogen-bond donors (Lipinski definition) is 1. The van der Waals surface area contributed by atoms with Crippen LogP contribution in [0.15, 0.2) is 47.2 Å². The smallest absolute Gasteiger partial charge is 0.307 e. The van der Waals surface area contributed by atoms with Crippen LogP contribution in [0.5, 0.6) is 5.75 Å². The van der Waals surface area contributed by atoms with Crippen LogP contribution in [0, 0.1) is 0 Å². The van der Waals surface area contributed by atoms with Gasteiger partial charge in [-0.1, -0.05) is 6.07 Å². The molecule has 0 saturated heterocycles. The largest absolute Gasteiger partial charge is 0.494 e. The summed E-state index contributed by atoms with van der Waals surface area (Å²) in [4.78, 5) is 29.7. The van der Waals surface area contributed by atoms with Gasteiger partial charge in [-0.15, -0.1) is 22.7 Å². The molecule has 0 saturated carbocycles. The molecule has 152 valence electrons. The number of methoxy groups -OCH3 is 1. The summed E-state index contributed by atoms with van der Waals surface area (Å²) in [6.07, 6.45) is 0.244. The van der Waals surface area contributed by atoms with E-state index in [4.69, 9.17) is 9.47 Å². The Morgan fingerprint density at radius 1 is 1.17 bits per heavy atom. The number of carbonyl (C=O) groups is 2. The standard InChI is InChI=1S/C21H22N2O4S2/c1-3-27-16-8-6-14(7-9-16)21-22-15(13-29-21)11-19(24)23-17(12-20(25)26-2)18-5-4-10-28-18/h4-10,13,17H,3,11-12H2,1-2H3,(H,23,24). The van der Waals surface area contributed by atoms with Crippen LogP contribution < -0.4 is 10.1 Å². The second-order valence-corrected chi connectivity index (χ2v) is 8.03. The SMILES string of the molecule is CCOc1ccc(-c2nc(CC(=O)NC(CC(=O)OC)c3cccs3)cs2)cc1. The summed E-state index contributed by atoms with van der Waals surface area (Å²) in [6.45, 7) is 2.57. The number of thiazole rings is 1. The predicted octanol–water partition coefficient (Wildman–Crippen LogP) is 4.23. The number of amides is 1. The Labute approximate surface area is 177 Å². The quantitative estimate of drug-likeness (QED) is 0.514. The zero-order valence-electron chi connectivity index (χ0n) is 16.2. The summed E-state index contributed by atoms with van der Waals surface area (Å²) < 4.78 is 10.2. The van der Waals surface area contributed by atoms with Gasteiger partial charge >= 0.3 is 5.97 Å². The maximum absolute atomic E-state index is 12.5. The lowest BCUT2D eigenvalue weighted by Gasteiger charge is -2.16. The fourth-order valence-electron chi connectivity index (χ4n) is 2.75. The van der Waals surface area contributed by atoms with Crippen molar-refractivity contribution in [2.24, 2.45) is 0 Å². The van der Waals surface area contributed by atoms with Crippen molar-refractivity contribution in [3.05, 3.63) is 57.7 Å². The predicted molar refractivity (Wildman–Crippen MR) is 114 cm³/mol. The van der Waals surface area contributed by atoms with Crippen LogP contribution in [0.4, 0.5) is 0 Å². The minimum Gasteiger partial charge on any atom is -0.494 e. The van der Waals surface area contributed by atoms with E-state index in [0.717, 1.165) is 21.2 Å². The molecule has 2 heterocycles. The average Bonchev–Trinajstić information content (AvgIpc) is 3.40. The molecule has 29 heavy (non-hydrogen) atoms. The molecule has 0 radical (unpaired) electrons. The van der Waals surface area contributed by atoms with E-state index in [0.29, 0.717) is 12.3 Å². The lowest BCUT2D eigenvalue weighted by Crippen LogP contribution is -2.31. The van der Waals surface area contributed by atoms with E-state index >= 15 is 0 Å². The Balaban J connectivity index is 1.63. The summed E-state index contributed by atoms with van der Waals surface area (Å²) in [5.74, 6) is 0.267. The topological polar surface area (TPSA) is 77.5 Å². The van der Waals surface area contributed by atoms with Crippen molar-refractivity contribution in [3.8, 4) is 16.3 Å². The third-order valence-electron chi connectivity index (χ3n) is 4.13. The molecule has 3 rings (SSSR count). The number of nitrogens with zero attached hydrogens (tertiary/aromatic N) is 1. The van der Waals surface area contributed by atoms with Crippen LogP contribution in [-0.4, -0.2) is 30.6 Å². The van der Waals surface area contributed by atoms with E-state index in [1.54, 1.807) is 0 Å². The van der Waals surface area contributed by atoms with Crippen molar-refractivity contribution in [2.45, 2.75) is 25.8 Å². The van der Waals surface area contributed by atoms with Crippen molar-refractivity contribution in [1.82, 2.24) is 10.3 Å². The number of carbonyl (C=O) groups excluding carboxylic acids is 2. The summed E-state index contributed by atoms with van der Waals surface area (Å²) in [5.41, 5.74) is 1.67. The van der Waals surface area contributed by atoms with Crippen LogP contribution in [0.3, 0.4) is 0 Å². The van der Waals surface area contributed by atoms with E-state index in [2.05, 4.69) is 10.3 Å². The summed E-state index contributed by atoms with van der Waals surface area (Å²) in [5, 5.41) is 7.56. The van der Waals surface area contributed by atoms with Crippen molar-refractivity contribution >= 4 is 34.6 Å². The van der Waals surface area contributed by atoms with Crippen molar-refractivity contribution in [1.29, 1.82) is 0 Å². The number of esters is 1. The molecule has 0 fully saturated rings. The molecule has 3 aromatic rings. The molecule has 1 amide bonds. The van der Waals surface area contributed by atoms with Crippen molar-refractivity contribution in [2.75, 3.05) is 13.7 Å². The summed E-state index contributed by atoms with van der Waals surface area (Å²) >= 11 is 2.98. The molecule has 8 heteroatoms. The Morgan fingerprint density at radius 2 is 1.97 bits per heavy atom. The molecule has 0 aliphatic rings. The Hall–Kier alpha value is -2.71. The second kappa shape index (κ2) is 10.2. The first-order chi connectivity index (χ1) is 14.1.